The number of halogens is 1. The Balaban J connectivity index is 1.98. The Morgan fingerprint density at radius 2 is 1.76 bits per heavy atom. The highest BCUT2D eigenvalue weighted by molar-refractivity contribution is 6.30. The highest BCUT2D eigenvalue weighted by Gasteiger charge is 2.14. The summed E-state index contributed by atoms with van der Waals surface area (Å²) in [6, 6.07) is 19.6. The van der Waals surface area contributed by atoms with Crippen LogP contribution in [0.1, 0.15) is 39.5 Å². The summed E-state index contributed by atoms with van der Waals surface area (Å²) in [6.07, 6.45) is 4.07. The number of carboxylic acid groups (broad SMARTS) is 1. The molecule has 3 rings (SSSR count). The topological polar surface area (TPSA) is 79.6 Å². The molecule has 172 valence electrons. The quantitative estimate of drug-likeness (QED) is 0.199. The number of rotatable bonds is 10. The molecule has 3 aromatic carbocycles. The van der Waals surface area contributed by atoms with Gasteiger partial charge in [-0.2, -0.15) is 5.26 Å². The SMILES string of the molecule is C=CCc1cc(C=C(C#N)c2ccc(C(=O)O)cc2)cc(OCC)c1OCc1ccc(Cl)cc1. The molecule has 0 saturated heterocycles. The van der Waals surface area contributed by atoms with Crippen molar-refractivity contribution in [3.05, 3.63) is 106 Å². The lowest BCUT2D eigenvalue weighted by Gasteiger charge is -2.17. The normalized spacial score (nSPS) is 10.9. The van der Waals surface area contributed by atoms with E-state index < -0.39 is 5.97 Å². The summed E-state index contributed by atoms with van der Waals surface area (Å²) in [5.41, 5.74) is 3.79. The molecule has 5 nitrogen and oxygen atoms in total. The zero-order chi connectivity index (χ0) is 24.5. The van der Waals surface area contributed by atoms with Gasteiger partial charge in [0.25, 0.3) is 0 Å². The molecule has 6 heteroatoms. The average molecular weight is 474 g/mol. The van der Waals surface area contributed by atoms with Gasteiger partial charge in [0.15, 0.2) is 11.5 Å². The minimum absolute atomic E-state index is 0.162. The predicted octanol–water partition coefficient (Wildman–Crippen LogP) is 6.81. The van der Waals surface area contributed by atoms with Crippen LogP contribution in [-0.2, 0) is 13.0 Å². The van der Waals surface area contributed by atoms with E-state index in [4.69, 9.17) is 26.2 Å². The third kappa shape index (κ3) is 6.28. The maximum absolute atomic E-state index is 11.1. The van der Waals surface area contributed by atoms with Gasteiger partial charge in [-0.3, -0.25) is 0 Å². The second kappa shape index (κ2) is 11.7. The maximum Gasteiger partial charge on any atom is 0.335 e. The average Bonchev–Trinajstić information content (AvgIpc) is 2.83. The first-order valence-corrected chi connectivity index (χ1v) is 11.1. The Morgan fingerprint density at radius 1 is 1.09 bits per heavy atom. The van der Waals surface area contributed by atoms with Crippen molar-refractivity contribution in [2.45, 2.75) is 20.0 Å². The fourth-order valence-electron chi connectivity index (χ4n) is 3.38. The first kappa shape index (κ1) is 24.6. The minimum atomic E-state index is -1.02. The Kier molecular flexibility index (Phi) is 8.50. The van der Waals surface area contributed by atoms with Gasteiger partial charge in [0.2, 0.25) is 0 Å². The molecular weight excluding hydrogens is 450 g/mol. The van der Waals surface area contributed by atoms with E-state index in [2.05, 4.69) is 12.6 Å². The van der Waals surface area contributed by atoms with Crippen LogP contribution in [0, 0.1) is 11.3 Å². The molecule has 0 aliphatic carbocycles. The van der Waals surface area contributed by atoms with Gasteiger partial charge in [-0.1, -0.05) is 41.9 Å². The zero-order valence-corrected chi connectivity index (χ0v) is 19.5. The van der Waals surface area contributed by atoms with Crippen LogP contribution < -0.4 is 9.47 Å². The van der Waals surface area contributed by atoms with E-state index in [0.717, 1.165) is 16.7 Å². The summed E-state index contributed by atoms with van der Waals surface area (Å²) in [5, 5.41) is 19.5. The highest BCUT2D eigenvalue weighted by atomic mass is 35.5. The lowest BCUT2D eigenvalue weighted by atomic mass is 10.00. The van der Waals surface area contributed by atoms with Crippen LogP contribution in [0.2, 0.25) is 5.02 Å². The van der Waals surface area contributed by atoms with E-state index in [1.807, 2.05) is 43.3 Å². The Labute approximate surface area is 204 Å². The second-order valence-corrected chi connectivity index (χ2v) is 7.84. The van der Waals surface area contributed by atoms with Crippen LogP contribution in [0.3, 0.4) is 0 Å². The standard InChI is InChI=1S/C28H24ClNO4/c1-3-5-23-14-20(15-24(17-30)21-8-10-22(11-9-21)28(31)32)16-26(33-4-2)27(23)34-18-19-6-12-25(29)13-7-19/h3,6-16H,1,4-5,18H2,2H3,(H,31,32). The van der Waals surface area contributed by atoms with Crippen LogP contribution in [-0.4, -0.2) is 17.7 Å². The molecular formula is C28H24ClNO4. The van der Waals surface area contributed by atoms with Gasteiger partial charge in [-0.15, -0.1) is 6.58 Å². The van der Waals surface area contributed by atoms with Crippen LogP contribution in [0.4, 0.5) is 0 Å². The number of ether oxygens (including phenoxy) is 2. The Morgan fingerprint density at radius 3 is 2.35 bits per heavy atom. The summed E-state index contributed by atoms with van der Waals surface area (Å²) in [4.78, 5) is 11.1. The van der Waals surface area contributed by atoms with Crippen molar-refractivity contribution < 1.29 is 19.4 Å². The molecule has 0 unspecified atom stereocenters. The third-order valence-electron chi connectivity index (χ3n) is 4.99. The van der Waals surface area contributed by atoms with Gasteiger partial charge in [-0.25, -0.2) is 4.79 Å². The fraction of sp³-hybridized carbons (Fsp3) is 0.143. The summed E-state index contributed by atoms with van der Waals surface area (Å²) in [7, 11) is 0. The molecule has 0 saturated carbocycles. The highest BCUT2D eigenvalue weighted by Crippen LogP contribution is 2.36. The predicted molar refractivity (Wildman–Crippen MR) is 134 cm³/mol. The lowest BCUT2D eigenvalue weighted by molar-refractivity contribution is 0.0697. The van der Waals surface area contributed by atoms with Gasteiger partial charge in [-0.05, 0) is 72.5 Å². The summed E-state index contributed by atoms with van der Waals surface area (Å²) < 4.78 is 12.0. The van der Waals surface area contributed by atoms with Crippen molar-refractivity contribution in [3.63, 3.8) is 0 Å². The number of hydrogen-bond donors (Lipinski definition) is 1. The number of nitriles is 1. The molecule has 1 N–H and O–H groups in total. The monoisotopic (exact) mass is 473 g/mol. The van der Waals surface area contributed by atoms with E-state index in [0.29, 0.717) is 47.3 Å². The lowest BCUT2D eigenvalue weighted by Crippen LogP contribution is -2.03. The number of carbonyl (C=O) groups is 1. The molecule has 3 aromatic rings. The molecule has 0 aliphatic heterocycles. The number of benzene rings is 3. The van der Waals surface area contributed by atoms with Crippen molar-refractivity contribution >= 4 is 29.2 Å². The second-order valence-electron chi connectivity index (χ2n) is 7.40. The minimum Gasteiger partial charge on any atom is -0.490 e. The smallest absolute Gasteiger partial charge is 0.335 e. The molecule has 0 heterocycles. The van der Waals surface area contributed by atoms with Crippen LogP contribution in [0.25, 0.3) is 11.6 Å². The van der Waals surface area contributed by atoms with Crippen molar-refractivity contribution in [1.82, 2.24) is 0 Å². The summed E-state index contributed by atoms with van der Waals surface area (Å²) in [6.45, 7) is 6.53. The van der Waals surface area contributed by atoms with Crippen LogP contribution in [0.15, 0.2) is 73.3 Å². The number of allylic oxidation sites excluding steroid dienone is 2. The number of aromatic carboxylic acids is 1. The summed E-state index contributed by atoms with van der Waals surface area (Å²) >= 11 is 5.97. The maximum atomic E-state index is 11.1. The van der Waals surface area contributed by atoms with Gasteiger partial charge in [0, 0.05) is 10.6 Å². The van der Waals surface area contributed by atoms with Gasteiger partial charge >= 0.3 is 5.97 Å². The van der Waals surface area contributed by atoms with Crippen molar-refractivity contribution in [1.29, 1.82) is 5.26 Å². The Hall–Kier alpha value is -4.01. The van der Waals surface area contributed by atoms with Gasteiger partial charge in [0.1, 0.15) is 6.61 Å². The molecule has 0 aliphatic rings. The first-order chi connectivity index (χ1) is 16.4. The van der Waals surface area contributed by atoms with E-state index in [1.165, 1.54) is 12.1 Å². The van der Waals surface area contributed by atoms with Crippen LogP contribution >= 0.6 is 11.6 Å². The molecule has 0 spiro atoms. The number of carboxylic acids is 1. The van der Waals surface area contributed by atoms with Gasteiger partial charge < -0.3 is 14.6 Å². The van der Waals surface area contributed by atoms with Crippen molar-refractivity contribution in [2.24, 2.45) is 0 Å². The molecule has 0 bridgehead atoms. The number of nitrogens with zero attached hydrogens (tertiary/aromatic N) is 1. The molecule has 0 radical (unpaired) electrons. The van der Waals surface area contributed by atoms with Crippen molar-refractivity contribution in [2.75, 3.05) is 6.61 Å². The molecule has 0 aromatic heterocycles. The van der Waals surface area contributed by atoms with Crippen LogP contribution in [0.5, 0.6) is 11.5 Å². The van der Waals surface area contributed by atoms with Crippen molar-refractivity contribution in [3.8, 4) is 17.6 Å². The summed E-state index contributed by atoms with van der Waals surface area (Å²) in [5.74, 6) is 0.178. The zero-order valence-electron chi connectivity index (χ0n) is 18.8. The fourth-order valence-corrected chi connectivity index (χ4v) is 3.50. The Bertz CT molecular complexity index is 1240. The number of hydrogen-bond acceptors (Lipinski definition) is 4. The third-order valence-corrected chi connectivity index (χ3v) is 5.24. The van der Waals surface area contributed by atoms with E-state index in [9.17, 15) is 10.1 Å². The van der Waals surface area contributed by atoms with E-state index >= 15 is 0 Å². The molecule has 0 amide bonds. The largest absolute Gasteiger partial charge is 0.490 e. The van der Waals surface area contributed by atoms with E-state index in [-0.39, 0.29) is 5.56 Å². The molecule has 0 atom stereocenters. The molecule has 34 heavy (non-hydrogen) atoms. The van der Waals surface area contributed by atoms with E-state index in [1.54, 1.807) is 24.3 Å². The first-order valence-electron chi connectivity index (χ1n) is 10.7. The van der Waals surface area contributed by atoms with Gasteiger partial charge in [0.05, 0.1) is 23.8 Å². The molecule has 0 fully saturated rings.